The number of amides is 1. The molecule has 0 spiro atoms. The van der Waals surface area contributed by atoms with Crippen LogP contribution in [0.2, 0.25) is 0 Å². The van der Waals surface area contributed by atoms with Crippen molar-refractivity contribution in [1.82, 2.24) is 10.3 Å². The minimum Gasteiger partial charge on any atom is -0.507 e. The molecule has 0 aliphatic carbocycles. The first kappa shape index (κ1) is 25.4. The summed E-state index contributed by atoms with van der Waals surface area (Å²) in [6, 6.07) is 9.32. The number of hydrogen-bond donors (Lipinski definition) is 2. The van der Waals surface area contributed by atoms with E-state index in [-0.39, 0.29) is 17.4 Å². The first-order chi connectivity index (χ1) is 15.5. The van der Waals surface area contributed by atoms with Gasteiger partial charge in [-0.2, -0.15) is 0 Å². The summed E-state index contributed by atoms with van der Waals surface area (Å²) in [4.78, 5) is 27.9. The molecule has 0 saturated heterocycles. The van der Waals surface area contributed by atoms with E-state index in [1.54, 1.807) is 18.3 Å². The van der Waals surface area contributed by atoms with Crippen LogP contribution >= 0.6 is 0 Å². The lowest BCUT2D eigenvalue weighted by atomic mass is 10.0. The SMILES string of the molecule is CCCc1c(OCCCCCC(=O)NCCCCc2ccccn2)ccc(C(C)=O)c1O. The summed E-state index contributed by atoms with van der Waals surface area (Å²) in [5.41, 5.74) is 2.12. The summed E-state index contributed by atoms with van der Waals surface area (Å²) < 4.78 is 5.86. The Hall–Kier alpha value is -2.89. The average Bonchev–Trinajstić information content (AvgIpc) is 2.78. The van der Waals surface area contributed by atoms with Gasteiger partial charge in [-0.25, -0.2) is 0 Å². The maximum absolute atomic E-state index is 12.0. The third kappa shape index (κ3) is 8.69. The van der Waals surface area contributed by atoms with Gasteiger partial charge < -0.3 is 15.2 Å². The van der Waals surface area contributed by atoms with Gasteiger partial charge in [0.15, 0.2) is 5.78 Å². The predicted octanol–water partition coefficient (Wildman–Crippen LogP) is 5.02. The predicted molar refractivity (Wildman–Crippen MR) is 126 cm³/mol. The number of phenolic OH excluding ortho intramolecular Hbond substituents is 1. The van der Waals surface area contributed by atoms with Crippen molar-refractivity contribution >= 4 is 11.7 Å². The average molecular weight is 441 g/mol. The number of rotatable bonds is 15. The zero-order valence-corrected chi connectivity index (χ0v) is 19.4. The molecule has 1 heterocycles. The number of unbranched alkanes of at least 4 members (excludes halogenated alkanes) is 3. The second-order valence-corrected chi connectivity index (χ2v) is 8.03. The van der Waals surface area contributed by atoms with Crippen LogP contribution in [-0.4, -0.2) is 34.9 Å². The Bertz CT molecular complexity index is 852. The lowest BCUT2D eigenvalue weighted by Gasteiger charge is -2.14. The number of phenols is 1. The Balaban J connectivity index is 1.58. The molecule has 174 valence electrons. The number of hydrogen-bond acceptors (Lipinski definition) is 5. The van der Waals surface area contributed by atoms with Gasteiger partial charge in [0.25, 0.3) is 0 Å². The summed E-state index contributed by atoms with van der Waals surface area (Å²) >= 11 is 0. The van der Waals surface area contributed by atoms with Crippen LogP contribution in [-0.2, 0) is 17.6 Å². The van der Waals surface area contributed by atoms with E-state index in [0.29, 0.717) is 42.9 Å². The third-order valence-corrected chi connectivity index (χ3v) is 5.33. The molecule has 2 rings (SSSR count). The number of Topliss-reactive ketones (excluding diaryl/α,β-unsaturated/α-hetero) is 1. The molecule has 1 amide bonds. The molecule has 0 bridgehead atoms. The largest absolute Gasteiger partial charge is 0.507 e. The fourth-order valence-electron chi connectivity index (χ4n) is 3.57. The van der Waals surface area contributed by atoms with Crippen LogP contribution in [0.25, 0.3) is 0 Å². The van der Waals surface area contributed by atoms with Crippen molar-refractivity contribution in [2.75, 3.05) is 13.2 Å². The van der Waals surface area contributed by atoms with E-state index in [9.17, 15) is 14.7 Å². The number of carbonyl (C=O) groups is 2. The Morgan fingerprint density at radius 1 is 1.03 bits per heavy atom. The molecule has 6 nitrogen and oxygen atoms in total. The Labute approximate surface area is 191 Å². The number of aryl methyl sites for hydroxylation is 1. The second kappa shape index (κ2) is 14.2. The molecule has 1 aromatic heterocycles. The highest BCUT2D eigenvalue weighted by molar-refractivity contribution is 5.97. The third-order valence-electron chi connectivity index (χ3n) is 5.33. The van der Waals surface area contributed by atoms with E-state index < -0.39 is 0 Å². The molecule has 32 heavy (non-hydrogen) atoms. The van der Waals surface area contributed by atoms with Crippen molar-refractivity contribution in [3.05, 3.63) is 53.3 Å². The zero-order chi connectivity index (χ0) is 23.2. The van der Waals surface area contributed by atoms with E-state index >= 15 is 0 Å². The standard InChI is InChI=1S/C26H36N2O4/c1-3-11-23-24(16-15-22(20(2)29)26(23)31)32-19-10-4-5-14-25(30)28-18-9-7-13-21-12-6-8-17-27-21/h6,8,12,15-17,31H,3-5,7,9-11,13-14,18-19H2,1-2H3,(H,28,30). The summed E-state index contributed by atoms with van der Waals surface area (Å²) in [6.07, 6.45) is 9.28. The minimum atomic E-state index is -0.155. The second-order valence-electron chi connectivity index (χ2n) is 8.03. The van der Waals surface area contributed by atoms with Gasteiger partial charge in [0.05, 0.1) is 12.2 Å². The van der Waals surface area contributed by atoms with Gasteiger partial charge in [0.2, 0.25) is 5.91 Å². The number of benzene rings is 1. The van der Waals surface area contributed by atoms with Gasteiger partial charge in [0.1, 0.15) is 11.5 Å². The molecule has 0 fully saturated rings. The van der Waals surface area contributed by atoms with Crippen molar-refractivity contribution in [3.8, 4) is 11.5 Å². The van der Waals surface area contributed by atoms with Gasteiger partial charge in [-0.05, 0) is 76.1 Å². The molecule has 6 heteroatoms. The highest BCUT2D eigenvalue weighted by Gasteiger charge is 2.15. The molecular weight excluding hydrogens is 404 g/mol. The summed E-state index contributed by atoms with van der Waals surface area (Å²) in [6.45, 7) is 4.69. The van der Waals surface area contributed by atoms with Gasteiger partial charge in [-0.3, -0.25) is 14.6 Å². The molecule has 0 atom stereocenters. The number of nitrogens with zero attached hydrogens (tertiary/aromatic N) is 1. The lowest BCUT2D eigenvalue weighted by Crippen LogP contribution is -2.24. The highest BCUT2D eigenvalue weighted by Crippen LogP contribution is 2.33. The number of pyridine rings is 1. The number of aromatic nitrogens is 1. The molecule has 0 saturated carbocycles. The van der Waals surface area contributed by atoms with E-state index in [0.717, 1.165) is 50.6 Å². The van der Waals surface area contributed by atoms with Crippen LogP contribution in [0.4, 0.5) is 0 Å². The fourth-order valence-corrected chi connectivity index (χ4v) is 3.57. The molecule has 2 N–H and O–H groups in total. The van der Waals surface area contributed by atoms with Crippen molar-refractivity contribution in [1.29, 1.82) is 0 Å². The molecule has 0 unspecified atom stereocenters. The van der Waals surface area contributed by atoms with Crippen molar-refractivity contribution in [3.63, 3.8) is 0 Å². The van der Waals surface area contributed by atoms with Crippen molar-refractivity contribution in [2.45, 2.75) is 71.6 Å². The molecule has 0 aliphatic heterocycles. The summed E-state index contributed by atoms with van der Waals surface area (Å²) in [5, 5.41) is 13.4. The van der Waals surface area contributed by atoms with Crippen LogP contribution in [0.15, 0.2) is 36.5 Å². The normalized spacial score (nSPS) is 10.7. The first-order valence-corrected chi connectivity index (χ1v) is 11.7. The number of nitrogens with one attached hydrogen (secondary N) is 1. The van der Waals surface area contributed by atoms with Crippen molar-refractivity contribution < 1.29 is 19.4 Å². The van der Waals surface area contributed by atoms with Gasteiger partial charge >= 0.3 is 0 Å². The summed E-state index contributed by atoms with van der Waals surface area (Å²) in [7, 11) is 0. The number of aromatic hydroxyl groups is 1. The maximum Gasteiger partial charge on any atom is 0.219 e. The van der Waals surface area contributed by atoms with E-state index in [4.69, 9.17) is 4.74 Å². The van der Waals surface area contributed by atoms with Crippen LogP contribution in [0.5, 0.6) is 11.5 Å². The fraction of sp³-hybridized carbons (Fsp3) is 0.500. The molecule has 0 radical (unpaired) electrons. The van der Waals surface area contributed by atoms with Crippen molar-refractivity contribution in [2.24, 2.45) is 0 Å². The zero-order valence-electron chi connectivity index (χ0n) is 19.4. The maximum atomic E-state index is 12.0. The quantitative estimate of drug-likeness (QED) is 0.300. The van der Waals surface area contributed by atoms with Crippen LogP contribution in [0.1, 0.15) is 80.4 Å². The van der Waals surface area contributed by atoms with Crippen LogP contribution in [0.3, 0.4) is 0 Å². The number of ketones is 1. The van der Waals surface area contributed by atoms with Gasteiger partial charge in [-0.1, -0.05) is 19.4 Å². The monoisotopic (exact) mass is 440 g/mol. The number of ether oxygens (including phenoxy) is 1. The Morgan fingerprint density at radius 2 is 1.88 bits per heavy atom. The number of carbonyl (C=O) groups excluding carboxylic acids is 2. The molecular formula is C26H36N2O4. The molecule has 0 aliphatic rings. The van der Waals surface area contributed by atoms with Crippen LogP contribution < -0.4 is 10.1 Å². The minimum absolute atomic E-state index is 0.0357. The van der Waals surface area contributed by atoms with E-state index in [1.807, 2.05) is 25.1 Å². The van der Waals surface area contributed by atoms with Gasteiger partial charge in [-0.15, -0.1) is 0 Å². The Kier molecular flexibility index (Phi) is 11.3. The highest BCUT2D eigenvalue weighted by atomic mass is 16.5. The van der Waals surface area contributed by atoms with E-state index in [2.05, 4.69) is 10.3 Å². The summed E-state index contributed by atoms with van der Waals surface area (Å²) in [5.74, 6) is 0.614. The topological polar surface area (TPSA) is 88.5 Å². The van der Waals surface area contributed by atoms with Gasteiger partial charge in [0, 0.05) is 30.4 Å². The van der Waals surface area contributed by atoms with Crippen LogP contribution in [0, 0.1) is 0 Å². The first-order valence-electron chi connectivity index (χ1n) is 11.7. The Morgan fingerprint density at radius 3 is 2.59 bits per heavy atom. The lowest BCUT2D eigenvalue weighted by molar-refractivity contribution is -0.121. The molecule has 2 aromatic rings. The molecule has 1 aromatic carbocycles. The smallest absolute Gasteiger partial charge is 0.219 e. The van der Waals surface area contributed by atoms with E-state index in [1.165, 1.54) is 6.92 Å².